The Kier molecular flexibility index (Phi) is 6.57. The van der Waals surface area contributed by atoms with E-state index in [0.717, 1.165) is 92.4 Å². The van der Waals surface area contributed by atoms with Crippen LogP contribution in [0, 0.1) is 0 Å². The number of halogens is 2. The lowest BCUT2D eigenvalue weighted by Gasteiger charge is -2.16. The van der Waals surface area contributed by atoms with E-state index >= 15 is 0 Å². The number of imidazole rings is 2. The molecule has 0 fully saturated rings. The Hall–Kier alpha value is -3.80. The van der Waals surface area contributed by atoms with Crippen molar-refractivity contribution in [2.24, 2.45) is 9.98 Å². The summed E-state index contributed by atoms with van der Waals surface area (Å²) in [5.74, 6) is 4.75. The fraction of sp³-hybridized carbons (Fsp3) is 0.231. The minimum absolute atomic E-state index is 0. The van der Waals surface area contributed by atoms with E-state index in [4.69, 9.17) is 19.4 Å². The van der Waals surface area contributed by atoms with Crippen molar-refractivity contribution >= 4 is 69.9 Å². The van der Waals surface area contributed by atoms with E-state index in [1.54, 1.807) is 11.3 Å². The van der Waals surface area contributed by atoms with Gasteiger partial charge < -0.3 is 30.1 Å². The number of amidine groups is 2. The number of aromatic amines is 2. The van der Waals surface area contributed by atoms with E-state index in [1.807, 2.05) is 24.3 Å². The van der Waals surface area contributed by atoms with Gasteiger partial charge in [0.1, 0.15) is 34.6 Å². The highest BCUT2D eigenvalue weighted by atomic mass is 35.5. The Morgan fingerprint density at radius 1 is 0.667 bits per heavy atom. The summed E-state index contributed by atoms with van der Waals surface area (Å²) in [4.78, 5) is 27.6. The van der Waals surface area contributed by atoms with Gasteiger partial charge in [0.15, 0.2) is 23.1 Å². The lowest BCUT2D eigenvalue weighted by Crippen LogP contribution is -2.19. The first kappa shape index (κ1) is 25.5. The summed E-state index contributed by atoms with van der Waals surface area (Å²) in [6, 6.07) is 12.3. The van der Waals surface area contributed by atoms with E-state index in [1.165, 1.54) is 0 Å². The Labute approximate surface area is 239 Å². The molecule has 4 N–H and O–H groups in total. The average Bonchev–Trinajstić information content (AvgIpc) is 3.76. The van der Waals surface area contributed by atoms with E-state index in [0.29, 0.717) is 24.7 Å². The second kappa shape index (κ2) is 10.1. The molecule has 3 aliphatic heterocycles. The van der Waals surface area contributed by atoms with Gasteiger partial charge in [-0.25, -0.2) is 9.97 Å². The van der Waals surface area contributed by atoms with Crippen molar-refractivity contribution in [2.75, 3.05) is 39.4 Å². The van der Waals surface area contributed by atoms with Gasteiger partial charge >= 0.3 is 0 Å². The lowest BCUT2D eigenvalue weighted by atomic mass is 10.2. The zero-order valence-corrected chi connectivity index (χ0v) is 23.0. The van der Waals surface area contributed by atoms with Crippen molar-refractivity contribution in [1.82, 2.24) is 30.6 Å². The zero-order chi connectivity index (χ0) is 24.3. The molecular formula is C26H24Cl2N8O2S. The van der Waals surface area contributed by atoms with Crippen molar-refractivity contribution in [3.8, 4) is 32.9 Å². The van der Waals surface area contributed by atoms with Crippen LogP contribution in [0.2, 0.25) is 0 Å². The van der Waals surface area contributed by atoms with Crippen molar-refractivity contribution in [1.29, 1.82) is 0 Å². The van der Waals surface area contributed by atoms with Gasteiger partial charge in [0.25, 0.3) is 0 Å². The van der Waals surface area contributed by atoms with Gasteiger partial charge in [-0.2, -0.15) is 0 Å². The Morgan fingerprint density at radius 3 is 1.59 bits per heavy atom. The predicted molar refractivity (Wildman–Crippen MR) is 159 cm³/mol. The summed E-state index contributed by atoms with van der Waals surface area (Å²) < 4.78 is 12.2. The quantitative estimate of drug-likeness (QED) is 0.252. The number of H-pyrrole nitrogens is 2. The standard InChI is InChI=1S/C26H22N8O2S.2ClH/c1-3-15-17(11-13(1)23-27-5-6-28-23)33-25(31-15)21-19-20(36-10-9-35-19)22(37-21)26-32-16-4-2-14(12-18(16)34-26)24-29-7-8-30-24;;/h1-4,11-12H,5-10H2,(H,27,28)(H,29,30)(H,31,33)(H,32,34);2*1H. The fourth-order valence-electron chi connectivity index (χ4n) is 4.97. The molecule has 6 heterocycles. The van der Waals surface area contributed by atoms with E-state index in [2.05, 4.69) is 42.7 Å². The summed E-state index contributed by atoms with van der Waals surface area (Å²) in [5.41, 5.74) is 5.77. The van der Waals surface area contributed by atoms with Crippen LogP contribution in [0.1, 0.15) is 11.1 Å². The molecule has 0 spiro atoms. The van der Waals surface area contributed by atoms with Crippen molar-refractivity contribution in [3.05, 3.63) is 47.5 Å². The molecule has 10 nitrogen and oxygen atoms in total. The molecular weight excluding hydrogens is 559 g/mol. The maximum absolute atomic E-state index is 6.10. The van der Waals surface area contributed by atoms with Crippen molar-refractivity contribution in [3.63, 3.8) is 0 Å². The number of thiophene rings is 1. The van der Waals surface area contributed by atoms with Crippen LogP contribution in [-0.4, -0.2) is 71.0 Å². The molecule has 3 aromatic heterocycles. The minimum Gasteiger partial charge on any atom is -0.484 e. The van der Waals surface area contributed by atoms with Crippen LogP contribution in [0.4, 0.5) is 0 Å². The topological polar surface area (TPSA) is 125 Å². The number of aliphatic imine (C=N–C) groups is 2. The monoisotopic (exact) mass is 582 g/mol. The van der Waals surface area contributed by atoms with Crippen LogP contribution < -0.4 is 20.1 Å². The van der Waals surface area contributed by atoms with Gasteiger partial charge in [0.05, 0.1) is 35.2 Å². The summed E-state index contributed by atoms with van der Waals surface area (Å²) in [6.45, 7) is 4.33. The van der Waals surface area contributed by atoms with Gasteiger partial charge in [0.2, 0.25) is 0 Å². The second-order valence-electron chi connectivity index (χ2n) is 9.06. The smallest absolute Gasteiger partial charge is 0.183 e. The second-order valence-corrected chi connectivity index (χ2v) is 10.1. The highest BCUT2D eigenvalue weighted by molar-refractivity contribution is 7.19. The third-order valence-electron chi connectivity index (χ3n) is 6.69. The molecule has 0 amide bonds. The number of nitrogens with one attached hydrogen (secondary N) is 4. The van der Waals surface area contributed by atoms with Crippen molar-refractivity contribution in [2.45, 2.75) is 0 Å². The molecule has 2 aromatic carbocycles. The van der Waals surface area contributed by atoms with Gasteiger partial charge in [-0.15, -0.1) is 36.2 Å². The highest BCUT2D eigenvalue weighted by Gasteiger charge is 2.29. The van der Waals surface area contributed by atoms with Gasteiger partial charge in [-0.05, 0) is 36.4 Å². The lowest BCUT2D eigenvalue weighted by molar-refractivity contribution is 0.174. The molecule has 200 valence electrons. The first-order valence-electron chi connectivity index (χ1n) is 12.3. The summed E-state index contributed by atoms with van der Waals surface area (Å²) in [5, 5.41) is 6.66. The van der Waals surface area contributed by atoms with E-state index in [9.17, 15) is 0 Å². The summed E-state index contributed by atoms with van der Waals surface area (Å²) in [6.07, 6.45) is 0. The summed E-state index contributed by atoms with van der Waals surface area (Å²) >= 11 is 1.56. The molecule has 3 aliphatic rings. The molecule has 0 saturated heterocycles. The molecule has 0 saturated carbocycles. The number of rotatable bonds is 4. The van der Waals surface area contributed by atoms with Crippen LogP contribution in [-0.2, 0) is 0 Å². The normalized spacial score (nSPS) is 15.8. The van der Waals surface area contributed by atoms with Gasteiger partial charge in [-0.1, -0.05) is 0 Å². The first-order chi connectivity index (χ1) is 18.3. The molecule has 0 radical (unpaired) electrons. The van der Waals surface area contributed by atoms with Gasteiger partial charge in [-0.3, -0.25) is 9.98 Å². The van der Waals surface area contributed by atoms with Crippen LogP contribution in [0.3, 0.4) is 0 Å². The maximum atomic E-state index is 6.10. The van der Waals surface area contributed by atoms with Crippen LogP contribution in [0.25, 0.3) is 43.5 Å². The molecule has 13 heteroatoms. The number of hydrogen-bond acceptors (Lipinski definition) is 9. The Balaban J connectivity index is 0.00000138. The number of aromatic nitrogens is 4. The first-order valence-corrected chi connectivity index (χ1v) is 13.1. The zero-order valence-electron chi connectivity index (χ0n) is 20.5. The molecule has 5 aromatic rings. The third kappa shape index (κ3) is 4.26. The molecule has 0 aliphatic carbocycles. The number of hydrogen-bond donors (Lipinski definition) is 4. The molecule has 0 bridgehead atoms. The summed E-state index contributed by atoms with van der Waals surface area (Å²) in [7, 11) is 0. The molecule has 8 rings (SSSR count). The molecule has 39 heavy (non-hydrogen) atoms. The van der Waals surface area contributed by atoms with Gasteiger partial charge in [0, 0.05) is 24.2 Å². The molecule has 0 atom stereocenters. The highest BCUT2D eigenvalue weighted by Crippen LogP contribution is 2.52. The third-order valence-corrected chi connectivity index (χ3v) is 7.85. The van der Waals surface area contributed by atoms with E-state index < -0.39 is 0 Å². The van der Waals surface area contributed by atoms with Crippen LogP contribution >= 0.6 is 36.2 Å². The SMILES string of the molecule is Cl.Cl.c1cc2nc(-c3sc(-c4nc5ccc(C6=NCCN6)cc5[nH]4)c4c3OCCO4)[nH]c2cc1C1=NCCN1. The van der Waals surface area contributed by atoms with Crippen molar-refractivity contribution < 1.29 is 9.47 Å². The maximum Gasteiger partial charge on any atom is 0.183 e. The number of ether oxygens (including phenoxy) is 2. The van der Waals surface area contributed by atoms with E-state index in [-0.39, 0.29) is 24.8 Å². The largest absolute Gasteiger partial charge is 0.484 e. The van der Waals surface area contributed by atoms with Crippen LogP contribution in [0.5, 0.6) is 11.5 Å². The fourth-order valence-corrected chi connectivity index (χ4v) is 6.05. The minimum atomic E-state index is 0. The Morgan fingerprint density at radius 2 is 1.15 bits per heavy atom. The van der Waals surface area contributed by atoms with Crippen LogP contribution in [0.15, 0.2) is 46.4 Å². The number of nitrogens with zero attached hydrogens (tertiary/aromatic N) is 4. The number of benzene rings is 2. The average molecular weight is 584 g/mol. The molecule has 0 unspecified atom stereocenters. The number of fused-ring (bicyclic) bond motifs is 3. The Bertz CT molecular complexity index is 1650. The predicted octanol–water partition coefficient (Wildman–Crippen LogP) is 4.15.